The normalized spacial score (nSPS) is 19.4. The third-order valence-electron chi connectivity index (χ3n) is 3.82. The highest BCUT2D eigenvalue weighted by Gasteiger charge is 2.36. The molecule has 116 valence electrons. The van der Waals surface area contributed by atoms with Gasteiger partial charge in [0.1, 0.15) is 6.23 Å². The van der Waals surface area contributed by atoms with Gasteiger partial charge in [0, 0.05) is 13.0 Å². The summed E-state index contributed by atoms with van der Waals surface area (Å²) in [7, 11) is -3.52. The van der Waals surface area contributed by atoms with Gasteiger partial charge in [-0.15, -0.1) is 0 Å². The molecule has 22 heavy (non-hydrogen) atoms. The van der Waals surface area contributed by atoms with E-state index in [-0.39, 0.29) is 0 Å². The fourth-order valence-corrected chi connectivity index (χ4v) is 4.11. The third-order valence-corrected chi connectivity index (χ3v) is 5.73. The van der Waals surface area contributed by atoms with Crippen molar-refractivity contribution in [2.24, 2.45) is 0 Å². The number of rotatable bonds is 4. The second-order valence-corrected chi connectivity index (χ2v) is 7.33. The first-order chi connectivity index (χ1) is 10.6. The Kier molecular flexibility index (Phi) is 4.29. The van der Waals surface area contributed by atoms with E-state index in [4.69, 9.17) is 4.74 Å². The lowest BCUT2D eigenvalue weighted by Gasteiger charge is -2.22. The first-order valence-corrected chi connectivity index (χ1v) is 8.75. The summed E-state index contributed by atoms with van der Waals surface area (Å²) in [4.78, 5) is 0.321. The van der Waals surface area contributed by atoms with Gasteiger partial charge in [0.25, 0.3) is 0 Å². The van der Waals surface area contributed by atoms with E-state index < -0.39 is 16.3 Å². The minimum atomic E-state index is -3.52. The van der Waals surface area contributed by atoms with Crippen LogP contribution in [0.1, 0.15) is 11.1 Å². The maximum Gasteiger partial charge on any atom is 0.245 e. The van der Waals surface area contributed by atoms with E-state index in [1.54, 1.807) is 12.1 Å². The van der Waals surface area contributed by atoms with Crippen LogP contribution in [0, 0.1) is 6.92 Å². The number of ether oxygens (including phenoxy) is 1. The molecule has 0 aromatic heterocycles. The Morgan fingerprint density at radius 1 is 1.09 bits per heavy atom. The Morgan fingerprint density at radius 3 is 2.45 bits per heavy atom. The number of aryl methyl sites for hydroxylation is 1. The predicted octanol–water partition coefficient (Wildman–Crippen LogP) is 2.58. The van der Waals surface area contributed by atoms with Crippen molar-refractivity contribution >= 4 is 10.0 Å². The van der Waals surface area contributed by atoms with Crippen molar-refractivity contribution in [3.05, 3.63) is 65.7 Å². The first kappa shape index (κ1) is 15.2. The van der Waals surface area contributed by atoms with Gasteiger partial charge in [-0.3, -0.25) is 0 Å². The SMILES string of the molecule is Cc1ccc(S(=O)(=O)N2CCOC2Cc2ccccc2)cc1. The van der Waals surface area contributed by atoms with Gasteiger partial charge in [-0.05, 0) is 24.6 Å². The summed E-state index contributed by atoms with van der Waals surface area (Å²) in [6.07, 6.45) is 0.125. The molecule has 1 aliphatic heterocycles. The maximum atomic E-state index is 12.8. The molecule has 3 rings (SSSR count). The smallest absolute Gasteiger partial charge is 0.245 e. The summed E-state index contributed by atoms with van der Waals surface area (Å²) in [5.41, 5.74) is 2.11. The molecule has 1 saturated heterocycles. The molecule has 0 spiro atoms. The molecular formula is C17H19NO3S. The van der Waals surface area contributed by atoms with E-state index in [0.29, 0.717) is 24.5 Å². The fraction of sp³-hybridized carbons (Fsp3) is 0.294. The third kappa shape index (κ3) is 3.06. The molecule has 5 heteroatoms. The molecule has 1 heterocycles. The average molecular weight is 317 g/mol. The molecule has 4 nitrogen and oxygen atoms in total. The molecule has 1 aliphatic rings. The summed E-state index contributed by atoms with van der Waals surface area (Å²) >= 11 is 0. The molecule has 1 unspecified atom stereocenters. The topological polar surface area (TPSA) is 46.6 Å². The molecule has 2 aromatic rings. The van der Waals surface area contributed by atoms with Gasteiger partial charge >= 0.3 is 0 Å². The Bertz CT molecular complexity index is 726. The summed E-state index contributed by atoms with van der Waals surface area (Å²) in [5, 5.41) is 0. The summed E-state index contributed by atoms with van der Waals surface area (Å²) in [5.74, 6) is 0. The molecule has 0 radical (unpaired) electrons. The minimum absolute atomic E-state index is 0.321. The largest absolute Gasteiger partial charge is 0.360 e. The highest BCUT2D eigenvalue weighted by Crippen LogP contribution is 2.24. The Balaban J connectivity index is 1.84. The monoisotopic (exact) mass is 317 g/mol. The van der Waals surface area contributed by atoms with Gasteiger partial charge in [0.05, 0.1) is 11.5 Å². The second-order valence-electron chi connectivity index (χ2n) is 5.44. The van der Waals surface area contributed by atoms with Gasteiger partial charge in [-0.1, -0.05) is 48.0 Å². The molecule has 1 fully saturated rings. The van der Waals surface area contributed by atoms with Gasteiger partial charge in [-0.25, -0.2) is 8.42 Å². The van der Waals surface area contributed by atoms with E-state index >= 15 is 0 Å². The van der Waals surface area contributed by atoms with E-state index in [1.807, 2.05) is 49.4 Å². The van der Waals surface area contributed by atoms with Crippen molar-refractivity contribution in [2.75, 3.05) is 13.2 Å². The minimum Gasteiger partial charge on any atom is -0.360 e. The number of sulfonamides is 1. The van der Waals surface area contributed by atoms with E-state index in [2.05, 4.69) is 0 Å². The number of hydrogen-bond acceptors (Lipinski definition) is 3. The van der Waals surface area contributed by atoms with Crippen LogP contribution in [0.5, 0.6) is 0 Å². The summed E-state index contributed by atoms with van der Waals surface area (Å²) in [6, 6.07) is 16.7. The van der Waals surface area contributed by atoms with Crippen molar-refractivity contribution < 1.29 is 13.2 Å². The summed E-state index contributed by atoms with van der Waals surface area (Å²) < 4.78 is 32.7. The van der Waals surface area contributed by atoms with Gasteiger partial charge < -0.3 is 4.74 Å². The quantitative estimate of drug-likeness (QED) is 0.871. The van der Waals surface area contributed by atoms with E-state index in [0.717, 1.165) is 11.1 Å². The molecule has 0 amide bonds. The van der Waals surface area contributed by atoms with E-state index in [1.165, 1.54) is 4.31 Å². The maximum absolute atomic E-state index is 12.8. The van der Waals surface area contributed by atoms with Gasteiger partial charge in [0.15, 0.2) is 0 Å². The molecule has 0 aliphatic carbocycles. The zero-order valence-corrected chi connectivity index (χ0v) is 13.3. The van der Waals surface area contributed by atoms with Crippen molar-refractivity contribution in [3.63, 3.8) is 0 Å². The molecule has 0 N–H and O–H groups in total. The zero-order chi connectivity index (χ0) is 15.6. The predicted molar refractivity (Wildman–Crippen MR) is 85.0 cm³/mol. The number of hydrogen-bond donors (Lipinski definition) is 0. The highest BCUT2D eigenvalue weighted by atomic mass is 32.2. The lowest BCUT2D eigenvalue weighted by atomic mass is 10.1. The number of nitrogens with zero attached hydrogens (tertiary/aromatic N) is 1. The van der Waals surface area contributed by atoms with Crippen molar-refractivity contribution in [1.82, 2.24) is 4.31 Å². The van der Waals surface area contributed by atoms with Crippen LogP contribution in [0.4, 0.5) is 0 Å². The Labute approximate surface area is 131 Å². The summed E-state index contributed by atoms with van der Waals surface area (Å²) in [6.45, 7) is 2.77. The van der Waals surface area contributed by atoms with Crippen LogP contribution in [0.3, 0.4) is 0 Å². The second kappa shape index (κ2) is 6.20. The van der Waals surface area contributed by atoms with Crippen LogP contribution in [-0.2, 0) is 21.2 Å². The van der Waals surface area contributed by atoms with Crippen molar-refractivity contribution in [2.45, 2.75) is 24.5 Å². The average Bonchev–Trinajstić information content (AvgIpc) is 2.98. The number of benzene rings is 2. The van der Waals surface area contributed by atoms with Gasteiger partial charge in [0.2, 0.25) is 10.0 Å². The Morgan fingerprint density at radius 2 is 1.77 bits per heavy atom. The Hall–Kier alpha value is -1.69. The van der Waals surface area contributed by atoms with E-state index in [9.17, 15) is 8.42 Å². The van der Waals surface area contributed by atoms with Crippen molar-refractivity contribution in [3.8, 4) is 0 Å². The van der Waals surface area contributed by atoms with Crippen LogP contribution >= 0.6 is 0 Å². The lowest BCUT2D eigenvalue weighted by Crippen LogP contribution is -2.37. The highest BCUT2D eigenvalue weighted by molar-refractivity contribution is 7.89. The standard InChI is InChI=1S/C17H19NO3S/c1-14-7-9-16(10-8-14)22(19,20)18-11-12-21-17(18)13-15-5-3-2-4-6-15/h2-10,17H,11-13H2,1H3. The lowest BCUT2D eigenvalue weighted by molar-refractivity contribution is 0.0691. The zero-order valence-electron chi connectivity index (χ0n) is 12.5. The van der Waals surface area contributed by atoms with Crippen LogP contribution < -0.4 is 0 Å². The molecule has 0 bridgehead atoms. The molecule has 0 saturated carbocycles. The molecule has 1 atom stereocenters. The van der Waals surface area contributed by atoms with Crippen LogP contribution in [-0.4, -0.2) is 32.1 Å². The fourth-order valence-electron chi connectivity index (χ4n) is 2.60. The molecular weight excluding hydrogens is 298 g/mol. The van der Waals surface area contributed by atoms with Crippen LogP contribution in [0.2, 0.25) is 0 Å². The van der Waals surface area contributed by atoms with Crippen LogP contribution in [0.25, 0.3) is 0 Å². The van der Waals surface area contributed by atoms with Gasteiger partial charge in [-0.2, -0.15) is 4.31 Å². The van der Waals surface area contributed by atoms with Crippen molar-refractivity contribution in [1.29, 1.82) is 0 Å². The van der Waals surface area contributed by atoms with Crippen LogP contribution in [0.15, 0.2) is 59.5 Å². The first-order valence-electron chi connectivity index (χ1n) is 7.31. The molecule has 2 aromatic carbocycles.